The fourth-order valence-electron chi connectivity index (χ4n) is 3.94. The van der Waals surface area contributed by atoms with E-state index in [0.717, 1.165) is 41.9 Å². The molecule has 0 radical (unpaired) electrons. The van der Waals surface area contributed by atoms with Crippen molar-refractivity contribution in [1.82, 2.24) is 14.9 Å². The third kappa shape index (κ3) is 3.54. The van der Waals surface area contributed by atoms with Gasteiger partial charge in [-0.05, 0) is 37.5 Å². The van der Waals surface area contributed by atoms with Crippen LogP contribution >= 0.6 is 0 Å². The summed E-state index contributed by atoms with van der Waals surface area (Å²) in [7, 11) is 2.05. The number of fused-ring (bicyclic) bond motifs is 1. The van der Waals surface area contributed by atoms with E-state index in [1.807, 2.05) is 50.4 Å². The van der Waals surface area contributed by atoms with Gasteiger partial charge in [-0.2, -0.15) is 0 Å². The number of amides is 1. The zero-order valence-corrected chi connectivity index (χ0v) is 15.9. The number of hydrogen-bond acceptors (Lipinski definition) is 3. The highest BCUT2D eigenvalue weighted by Gasteiger charge is 2.29. The van der Waals surface area contributed by atoms with Crippen molar-refractivity contribution in [2.24, 2.45) is 13.0 Å². The van der Waals surface area contributed by atoms with Crippen LogP contribution in [0.2, 0.25) is 0 Å². The van der Waals surface area contributed by atoms with Crippen LogP contribution in [0.15, 0.2) is 54.6 Å². The number of benzene rings is 2. The molecule has 27 heavy (non-hydrogen) atoms. The number of nitrogens with zero attached hydrogens (tertiary/aromatic N) is 3. The van der Waals surface area contributed by atoms with E-state index >= 15 is 0 Å². The Morgan fingerprint density at radius 1 is 1.15 bits per heavy atom. The van der Waals surface area contributed by atoms with E-state index in [2.05, 4.69) is 33.0 Å². The largest absolute Gasteiger partial charge is 0.349 e. The molecule has 5 heteroatoms. The smallest absolute Gasteiger partial charge is 0.225 e. The number of aryl methyl sites for hydroxylation is 1. The molecule has 1 aliphatic rings. The number of carbonyl (C=O) groups excluding carboxylic acids is 1. The number of rotatable bonds is 4. The molecule has 1 fully saturated rings. The fourth-order valence-corrected chi connectivity index (χ4v) is 3.94. The zero-order valence-electron chi connectivity index (χ0n) is 15.9. The van der Waals surface area contributed by atoms with E-state index in [4.69, 9.17) is 4.98 Å². The van der Waals surface area contributed by atoms with Crippen LogP contribution in [0, 0.1) is 5.92 Å². The van der Waals surface area contributed by atoms with Gasteiger partial charge in [0.15, 0.2) is 0 Å². The molecule has 1 N–H and O–H groups in total. The van der Waals surface area contributed by atoms with Gasteiger partial charge in [-0.15, -0.1) is 0 Å². The lowest BCUT2D eigenvalue weighted by molar-refractivity contribution is -0.125. The van der Waals surface area contributed by atoms with E-state index in [1.165, 1.54) is 0 Å². The highest BCUT2D eigenvalue weighted by atomic mass is 16.2. The predicted octanol–water partition coefficient (Wildman–Crippen LogP) is 3.67. The number of imidazole rings is 1. The first-order valence-corrected chi connectivity index (χ1v) is 9.65. The van der Waals surface area contributed by atoms with Crippen LogP contribution in [-0.2, 0) is 11.8 Å². The molecule has 0 unspecified atom stereocenters. The molecule has 0 spiro atoms. The molecule has 0 bridgehead atoms. The summed E-state index contributed by atoms with van der Waals surface area (Å²) < 4.78 is 2.13. The van der Waals surface area contributed by atoms with Crippen molar-refractivity contribution in [2.45, 2.75) is 25.8 Å². The molecule has 140 valence electrons. The Balaban J connectivity index is 1.47. The van der Waals surface area contributed by atoms with Gasteiger partial charge in [0, 0.05) is 20.1 Å². The number of nitrogens with one attached hydrogen (secondary N) is 1. The van der Waals surface area contributed by atoms with Gasteiger partial charge in [0.05, 0.1) is 23.0 Å². The minimum atomic E-state index is -0.00951. The average molecular weight is 362 g/mol. The van der Waals surface area contributed by atoms with Gasteiger partial charge in [-0.3, -0.25) is 4.79 Å². The number of anilines is 1. The Bertz CT molecular complexity index is 934. The summed E-state index contributed by atoms with van der Waals surface area (Å²) in [5, 5.41) is 3.19. The molecule has 1 saturated heterocycles. The second-order valence-corrected chi connectivity index (χ2v) is 7.39. The first-order chi connectivity index (χ1) is 13.1. The third-order valence-corrected chi connectivity index (χ3v) is 5.50. The van der Waals surface area contributed by atoms with Crippen LogP contribution < -0.4 is 10.2 Å². The maximum absolute atomic E-state index is 12.9. The number of para-hydroxylation sites is 2. The average Bonchev–Trinajstić information content (AvgIpc) is 3.05. The normalized spacial score (nSPS) is 18.4. The highest BCUT2D eigenvalue weighted by Crippen LogP contribution is 2.26. The van der Waals surface area contributed by atoms with Crippen molar-refractivity contribution in [3.05, 3.63) is 60.2 Å². The second-order valence-electron chi connectivity index (χ2n) is 7.39. The topological polar surface area (TPSA) is 50.2 Å². The van der Waals surface area contributed by atoms with E-state index in [-0.39, 0.29) is 17.9 Å². The molecule has 0 aliphatic carbocycles. The van der Waals surface area contributed by atoms with Crippen LogP contribution in [0.25, 0.3) is 11.0 Å². The van der Waals surface area contributed by atoms with E-state index in [9.17, 15) is 4.79 Å². The van der Waals surface area contributed by atoms with Crippen molar-refractivity contribution in [1.29, 1.82) is 0 Å². The van der Waals surface area contributed by atoms with Crippen LogP contribution in [0.4, 0.5) is 5.95 Å². The first-order valence-electron chi connectivity index (χ1n) is 9.65. The molecule has 2 aromatic carbocycles. The standard InChI is InChI=1S/C22H26N4O/c1-16(17-9-4-3-5-10-17)23-21(27)18-11-8-14-26(15-18)22-24-19-12-6-7-13-20(19)25(22)2/h3-7,9-10,12-13,16,18H,8,11,14-15H2,1-2H3,(H,23,27)/t16-,18+/m1/s1. The summed E-state index contributed by atoms with van der Waals surface area (Å²) in [6.45, 7) is 3.69. The number of aromatic nitrogens is 2. The number of hydrogen-bond donors (Lipinski definition) is 1. The molecule has 2 atom stereocenters. The van der Waals surface area contributed by atoms with Gasteiger partial charge in [-0.1, -0.05) is 42.5 Å². The second kappa shape index (κ2) is 7.43. The molecule has 1 aromatic heterocycles. The van der Waals surface area contributed by atoms with Crippen LogP contribution in [0.3, 0.4) is 0 Å². The molecule has 3 aromatic rings. The van der Waals surface area contributed by atoms with Crippen molar-refractivity contribution in [3.8, 4) is 0 Å². The minimum absolute atomic E-state index is 0.00951. The SMILES string of the molecule is C[C@@H](NC(=O)[C@H]1CCCN(c2nc3ccccc3n2C)C1)c1ccccc1. The molecule has 1 aliphatic heterocycles. The van der Waals surface area contributed by atoms with Gasteiger partial charge in [-0.25, -0.2) is 4.98 Å². The Morgan fingerprint density at radius 3 is 2.67 bits per heavy atom. The molecular formula is C22H26N4O. The van der Waals surface area contributed by atoms with Gasteiger partial charge < -0.3 is 14.8 Å². The van der Waals surface area contributed by atoms with E-state index < -0.39 is 0 Å². The van der Waals surface area contributed by atoms with Gasteiger partial charge in [0.25, 0.3) is 0 Å². The highest BCUT2D eigenvalue weighted by molar-refractivity contribution is 5.81. The van der Waals surface area contributed by atoms with Gasteiger partial charge in [0.2, 0.25) is 11.9 Å². The van der Waals surface area contributed by atoms with Crippen molar-refractivity contribution >= 4 is 22.9 Å². The Kier molecular flexibility index (Phi) is 4.84. The lowest BCUT2D eigenvalue weighted by atomic mass is 9.96. The Labute approximate surface area is 160 Å². The van der Waals surface area contributed by atoms with Crippen LogP contribution in [0.1, 0.15) is 31.4 Å². The van der Waals surface area contributed by atoms with E-state index in [0.29, 0.717) is 6.54 Å². The van der Waals surface area contributed by atoms with Crippen LogP contribution in [-0.4, -0.2) is 28.5 Å². The first kappa shape index (κ1) is 17.6. The summed E-state index contributed by atoms with van der Waals surface area (Å²) in [6, 6.07) is 18.3. The lowest BCUT2D eigenvalue weighted by Crippen LogP contribution is -2.44. The molecule has 0 saturated carbocycles. The quantitative estimate of drug-likeness (QED) is 0.770. The molecular weight excluding hydrogens is 336 g/mol. The fraction of sp³-hybridized carbons (Fsp3) is 0.364. The molecule has 2 heterocycles. The molecule has 5 nitrogen and oxygen atoms in total. The number of carbonyl (C=O) groups is 1. The van der Waals surface area contributed by atoms with E-state index in [1.54, 1.807) is 0 Å². The Hall–Kier alpha value is -2.82. The monoisotopic (exact) mass is 362 g/mol. The minimum Gasteiger partial charge on any atom is -0.349 e. The third-order valence-electron chi connectivity index (χ3n) is 5.50. The number of piperidine rings is 1. The Morgan fingerprint density at radius 2 is 1.89 bits per heavy atom. The van der Waals surface area contributed by atoms with Crippen molar-refractivity contribution in [3.63, 3.8) is 0 Å². The summed E-state index contributed by atoms with van der Waals surface area (Å²) in [6.07, 6.45) is 1.93. The van der Waals surface area contributed by atoms with Gasteiger partial charge in [0.1, 0.15) is 0 Å². The predicted molar refractivity (Wildman–Crippen MR) is 109 cm³/mol. The molecule has 1 amide bonds. The van der Waals surface area contributed by atoms with Crippen LogP contribution in [0.5, 0.6) is 0 Å². The van der Waals surface area contributed by atoms with Crippen molar-refractivity contribution < 1.29 is 4.79 Å². The summed E-state index contributed by atoms with van der Waals surface area (Å²) >= 11 is 0. The summed E-state index contributed by atoms with van der Waals surface area (Å²) in [5.74, 6) is 1.07. The maximum Gasteiger partial charge on any atom is 0.225 e. The zero-order chi connectivity index (χ0) is 18.8. The van der Waals surface area contributed by atoms with Crippen molar-refractivity contribution in [2.75, 3.05) is 18.0 Å². The summed E-state index contributed by atoms with van der Waals surface area (Å²) in [5.41, 5.74) is 3.25. The maximum atomic E-state index is 12.9. The summed E-state index contributed by atoms with van der Waals surface area (Å²) in [4.78, 5) is 19.9. The van der Waals surface area contributed by atoms with Gasteiger partial charge >= 0.3 is 0 Å². The molecule has 4 rings (SSSR count). The lowest BCUT2D eigenvalue weighted by Gasteiger charge is -2.33.